The highest BCUT2D eigenvalue weighted by atomic mass is 32.1. The first-order valence-corrected chi connectivity index (χ1v) is 6.70. The number of aryl methyl sites for hydroxylation is 1. The molecule has 0 aliphatic rings. The Morgan fingerprint density at radius 2 is 2.06 bits per heavy atom. The lowest BCUT2D eigenvalue weighted by molar-refractivity contribution is 0.112. The van der Waals surface area contributed by atoms with Crippen molar-refractivity contribution >= 4 is 22.8 Å². The Balaban J connectivity index is 1.99. The van der Waals surface area contributed by atoms with Gasteiger partial charge in [0.1, 0.15) is 0 Å². The molecular weight excluding hydrogens is 244 g/mol. The molecular formula is C14H16N2OS. The molecule has 2 rings (SSSR count). The van der Waals surface area contributed by atoms with E-state index >= 15 is 0 Å². The number of carbonyl (C=O) groups is 1. The van der Waals surface area contributed by atoms with Gasteiger partial charge in [-0.15, -0.1) is 0 Å². The molecule has 0 N–H and O–H groups in total. The molecule has 2 aromatic rings. The van der Waals surface area contributed by atoms with E-state index in [2.05, 4.69) is 22.0 Å². The normalized spacial score (nSPS) is 10.3. The molecule has 0 bridgehead atoms. The minimum Gasteiger partial charge on any atom is -0.351 e. The third-order valence-corrected chi connectivity index (χ3v) is 4.03. The van der Waals surface area contributed by atoms with Gasteiger partial charge in [-0.3, -0.25) is 4.79 Å². The Hall–Kier alpha value is -1.68. The molecule has 0 saturated carbocycles. The van der Waals surface area contributed by atoms with Gasteiger partial charge in [-0.2, -0.15) is 0 Å². The number of aromatic nitrogens is 1. The van der Waals surface area contributed by atoms with Crippen molar-refractivity contribution in [1.82, 2.24) is 4.98 Å². The molecule has 0 fully saturated rings. The van der Waals surface area contributed by atoms with Crippen LogP contribution in [0.25, 0.3) is 0 Å². The molecule has 0 unspecified atom stereocenters. The largest absolute Gasteiger partial charge is 0.351 e. The second-order valence-corrected chi connectivity index (χ2v) is 5.23. The van der Waals surface area contributed by atoms with Gasteiger partial charge in [0.05, 0.1) is 10.6 Å². The fraction of sp³-hybridized carbons (Fsp3) is 0.286. The van der Waals surface area contributed by atoms with Crippen LogP contribution in [0.5, 0.6) is 0 Å². The van der Waals surface area contributed by atoms with E-state index in [0.717, 1.165) is 35.0 Å². The summed E-state index contributed by atoms with van der Waals surface area (Å²) in [6, 6.07) is 10.4. The first-order valence-electron chi connectivity index (χ1n) is 5.88. The fourth-order valence-corrected chi connectivity index (χ4v) is 2.57. The zero-order valence-corrected chi connectivity index (χ0v) is 11.4. The predicted molar refractivity (Wildman–Crippen MR) is 75.7 cm³/mol. The molecule has 0 aliphatic carbocycles. The van der Waals surface area contributed by atoms with Crippen molar-refractivity contribution in [2.24, 2.45) is 0 Å². The monoisotopic (exact) mass is 260 g/mol. The highest BCUT2D eigenvalue weighted by Crippen LogP contribution is 2.23. The lowest BCUT2D eigenvalue weighted by Crippen LogP contribution is -2.20. The minimum absolute atomic E-state index is 0.719. The molecule has 4 heteroatoms. The highest BCUT2D eigenvalue weighted by molar-refractivity contribution is 7.17. The van der Waals surface area contributed by atoms with Crippen molar-refractivity contribution in [3.8, 4) is 0 Å². The summed E-state index contributed by atoms with van der Waals surface area (Å²) in [4.78, 5) is 18.0. The van der Waals surface area contributed by atoms with E-state index in [4.69, 9.17) is 0 Å². The highest BCUT2D eigenvalue weighted by Gasteiger charge is 2.10. The molecule has 94 valence electrons. The summed E-state index contributed by atoms with van der Waals surface area (Å²) in [6.45, 7) is 2.77. The summed E-state index contributed by atoms with van der Waals surface area (Å²) in [5.74, 6) is 0. The van der Waals surface area contributed by atoms with Crippen LogP contribution < -0.4 is 4.90 Å². The van der Waals surface area contributed by atoms with Gasteiger partial charge < -0.3 is 4.90 Å². The lowest BCUT2D eigenvalue weighted by Gasteiger charge is -2.15. The first-order chi connectivity index (χ1) is 8.70. The Kier molecular flexibility index (Phi) is 4.10. The van der Waals surface area contributed by atoms with Crippen molar-refractivity contribution in [3.05, 3.63) is 46.5 Å². The molecule has 18 heavy (non-hydrogen) atoms. The average Bonchev–Trinajstić information content (AvgIpc) is 2.78. The first kappa shape index (κ1) is 12.8. The Bertz CT molecular complexity index is 522. The zero-order valence-electron chi connectivity index (χ0n) is 10.6. The van der Waals surface area contributed by atoms with Gasteiger partial charge >= 0.3 is 0 Å². The van der Waals surface area contributed by atoms with Crippen molar-refractivity contribution < 1.29 is 4.79 Å². The number of hydrogen-bond donors (Lipinski definition) is 0. The van der Waals surface area contributed by atoms with Gasteiger partial charge in [-0.25, -0.2) is 4.98 Å². The maximum absolute atomic E-state index is 10.8. The Morgan fingerprint density at radius 1 is 1.33 bits per heavy atom. The van der Waals surface area contributed by atoms with Crippen molar-refractivity contribution in [1.29, 1.82) is 0 Å². The van der Waals surface area contributed by atoms with E-state index in [1.165, 1.54) is 16.9 Å². The second-order valence-electron chi connectivity index (χ2n) is 4.22. The topological polar surface area (TPSA) is 33.2 Å². The van der Waals surface area contributed by atoms with Gasteiger partial charge in [-0.05, 0) is 18.9 Å². The van der Waals surface area contributed by atoms with Crippen molar-refractivity contribution in [2.45, 2.75) is 13.3 Å². The van der Waals surface area contributed by atoms with Crippen LogP contribution in [0.4, 0.5) is 5.13 Å². The van der Waals surface area contributed by atoms with Gasteiger partial charge in [-0.1, -0.05) is 41.7 Å². The van der Waals surface area contributed by atoms with Crippen LogP contribution in [-0.2, 0) is 6.42 Å². The van der Waals surface area contributed by atoms with Gasteiger partial charge in [0.2, 0.25) is 0 Å². The van der Waals surface area contributed by atoms with Crippen LogP contribution in [0.1, 0.15) is 20.9 Å². The van der Waals surface area contributed by atoms with Crippen molar-refractivity contribution in [2.75, 3.05) is 18.5 Å². The van der Waals surface area contributed by atoms with E-state index in [-0.39, 0.29) is 0 Å². The molecule has 0 aliphatic heterocycles. The van der Waals surface area contributed by atoms with E-state index in [0.29, 0.717) is 0 Å². The van der Waals surface area contributed by atoms with Gasteiger partial charge in [0.25, 0.3) is 0 Å². The number of likely N-dealkylation sites (N-methyl/N-ethyl adjacent to an activating group) is 1. The number of anilines is 1. The summed E-state index contributed by atoms with van der Waals surface area (Å²) in [5, 5.41) is 0.908. The number of hydrogen-bond acceptors (Lipinski definition) is 4. The second kappa shape index (κ2) is 5.78. The molecule has 3 nitrogen and oxygen atoms in total. The maximum Gasteiger partial charge on any atom is 0.185 e. The van der Waals surface area contributed by atoms with Gasteiger partial charge in [0, 0.05) is 13.6 Å². The van der Waals surface area contributed by atoms with Crippen LogP contribution in [0, 0.1) is 6.92 Å². The molecule has 1 aromatic heterocycles. The van der Waals surface area contributed by atoms with Crippen LogP contribution in [0.15, 0.2) is 30.3 Å². The van der Waals surface area contributed by atoms with E-state index < -0.39 is 0 Å². The van der Waals surface area contributed by atoms with Crippen LogP contribution in [-0.4, -0.2) is 24.9 Å². The third kappa shape index (κ3) is 2.96. The van der Waals surface area contributed by atoms with E-state index in [9.17, 15) is 4.79 Å². The Morgan fingerprint density at radius 3 is 2.67 bits per heavy atom. The SMILES string of the molecule is Cc1nc(N(C)CCc2ccccc2)sc1C=O. The van der Waals surface area contributed by atoms with Crippen LogP contribution in [0.3, 0.4) is 0 Å². The minimum atomic E-state index is 0.719. The molecule has 1 aromatic carbocycles. The molecule has 0 atom stereocenters. The van der Waals surface area contributed by atoms with Crippen LogP contribution >= 0.6 is 11.3 Å². The summed E-state index contributed by atoms with van der Waals surface area (Å²) in [7, 11) is 2.01. The molecule has 1 heterocycles. The number of carbonyl (C=O) groups excluding carboxylic acids is 1. The lowest BCUT2D eigenvalue weighted by atomic mass is 10.1. The van der Waals surface area contributed by atoms with E-state index in [1.807, 2.05) is 32.2 Å². The number of rotatable bonds is 5. The molecule has 0 spiro atoms. The third-order valence-electron chi connectivity index (χ3n) is 2.83. The van der Waals surface area contributed by atoms with Gasteiger partial charge in [0.15, 0.2) is 11.4 Å². The Labute approximate surface area is 111 Å². The number of nitrogens with zero attached hydrogens (tertiary/aromatic N) is 2. The standard InChI is InChI=1S/C14H16N2OS/c1-11-13(10-17)18-14(15-11)16(2)9-8-12-6-4-3-5-7-12/h3-7,10H,8-9H2,1-2H3. The maximum atomic E-state index is 10.8. The fourth-order valence-electron chi connectivity index (χ4n) is 1.70. The smallest absolute Gasteiger partial charge is 0.185 e. The van der Waals surface area contributed by atoms with E-state index in [1.54, 1.807) is 0 Å². The quantitative estimate of drug-likeness (QED) is 0.775. The van der Waals surface area contributed by atoms with Crippen LogP contribution in [0.2, 0.25) is 0 Å². The predicted octanol–water partition coefficient (Wildman–Crippen LogP) is 2.94. The summed E-state index contributed by atoms with van der Waals surface area (Å²) < 4.78 is 0. The molecule has 0 saturated heterocycles. The summed E-state index contributed by atoms with van der Waals surface area (Å²) >= 11 is 1.45. The molecule has 0 radical (unpaired) electrons. The number of benzene rings is 1. The summed E-state index contributed by atoms with van der Waals surface area (Å²) in [6.07, 6.45) is 1.86. The average molecular weight is 260 g/mol. The number of aldehydes is 1. The summed E-state index contributed by atoms with van der Waals surface area (Å²) in [5.41, 5.74) is 2.13. The number of thiazole rings is 1. The zero-order chi connectivity index (χ0) is 13.0. The molecule has 0 amide bonds. The van der Waals surface area contributed by atoms with Crippen molar-refractivity contribution in [3.63, 3.8) is 0 Å².